The number of hydrogen-bond donors (Lipinski definition) is 2. The van der Waals surface area contributed by atoms with Gasteiger partial charge in [0.15, 0.2) is 5.69 Å². The van der Waals surface area contributed by atoms with Gasteiger partial charge in [0.2, 0.25) is 10.0 Å². The lowest BCUT2D eigenvalue weighted by atomic mass is 9.97. The van der Waals surface area contributed by atoms with Gasteiger partial charge in [0.05, 0.1) is 11.8 Å². The van der Waals surface area contributed by atoms with Gasteiger partial charge in [0.25, 0.3) is 5.91 Å². The summed E-state index contributed by atoms with van der Waals surface area (Å²) >= 11 is 0. The highest BCUT2D eigenvalue weighted by Gasteiger charge is 2.41. The molecule has 4 heterocycles. The number of likely N-dealkylation sites (tertiary alicyclic amines) is 1. The Balaban J connectivity index is 1.17. The Morgan fingerprint density at radius 2 is 1.81 bits per heavy atom. The van der Waals surface area contributed by atoms with Crippen molar-refractivity contribution in [3.8, 4) is 0 Å². The zero-order valence-electron chi connectivity index (χ0n) is 21.7. The summed E-state index contributed by atoms with van der Waals surface area (Å²) in [4.78, 5) is 18.3. The Morgan fingerprint density at radius 3 is 2.50 bits per heavy atom. The molecule has 3 saturated heterocycles. The number of aromatic nitrogens is 2. The fourth-order valence-corrected chi connectivity index (χ4v) is 7.37. The summed E-state index contributed by atoms with van der Waals surface area (Å²) in [6.07, 6.45) is 7.48. The number of hydrogen-bond acceptors (Lipinski definition) is 6. The quantitative estimate of drug-likeness (QED) is 0.559. The molecule has 3 aliphatic heterocycles. The van der Waals surface area contributed by atoms with Crippen LogP contribution in [-0.4, -0.2) is 90.5 Å². The van der Waals surface area contributed by atoms with E-state index in [-0.39, 0.29) is 24.0 Å². The summed E-state index contributed by atoms with van der Waals surface area (Å²) in [6, 6.07) is 9.33. The maximum absolute atomic E-state index is 13.3. The minimum Gasteiger partial charge on any atom is -0.348 e. The fraction of sp³-hybridized carbons (Fsp3) is 0.692. The Morgan fingerprint density at radius 1 is 1.08 bits per heavy atom. The van der Waals surface area contributed by atoms with Crippen LogP contribution in [0.1, 0.15) is 68.9 Å². The van der Waals surface area contributed by atoms with Crippen molar-refractivity contribution in [2.75, 3.05) is 32.4 Å². The predicted molar refractivity (Wildman–Crippen MR) is 142 cm³/mol. The van der Waals surface area contributed by atoms with Gasteiger partial charge in [-0.3, -0.25) is 14.4 Å². The number of nitrogens with zero attached hydrogens (tertiary/aromatic N) is 4. The smallest absolute Gasteiger partial charge is 0.272 e. The lowest BCUT2D eigenvalue weighted by Crippen LogP contribution is -2.53. The monoisotopic (exact) mass is 516 g/mol. The predicted octanol–water partition coefficient (Wildman–Crippen LogP) is 2.36. The van der Waals surface area contributed by atoms with Crippen LogP contribution in [0.2, 0.25) is 0 Å². The highest BCUT2D eigenvalue weighted by Crippen LogP contribution is 2.36. The first kappa shape index (κ1) is 25.6. The number of benzene rings is 1. The summed E-state index contributed by atoms with van der Waals surface area (Å²) < 4.78 is 28.0. The third kappa shape index (κ3) is 5.61. The third-order valence-electron chi connectivity index (χ3n) is 8.10. The molecule has 1 aromatic heterocycles. The minimum atomic E-state index is -3.17. The average molecular weight is 517 g/mol. The van der Waals surface area contributed by atoms with Gasteiger partial charge in [-0.25, -0.2) is 13.1 Å². The van der Waals surface area contributed by atoms with E-state index in [0.717, 1.165) is 62.8 Å². The van der Waals surface area contributed by atoms with Gasteiger partial charge in [0.1, 0.15) is 0 Å². The van der Waals surface area contributed by atoms with Crippen LogP contribution in [0.25, 0.3) is 10.9 Å². The largest absolute Gasteiger partial charge is 0.348 e. The molecule has 1 aromatic carbocycles. The summed E-state index contributed by atoms with van der Waals surface area (Å²) in [7, 11) is -3.17. The van der Waals surface area contributed by atoms with Crippen LogP contribution < -0.4 is 10.0 Å². The number of amides is 1. The minimum absolute atomic E-state index is 0.0154. The summed E-state index contributed by atoms with van der Waals surface area (Å²) in [5.41, 5.74) is 1.52. The lowest BCUT2D eigenvalue weighted by molar-refractivity contribution is 0.0785. The van der Waals surface area contributed by atoms with E-state index in [1.165, 1.54) is 19.1 Å². The molecule has 1 amide bonds. The molecule has 5 rings (SSSR count). The van der Waals surface area contributed by atoms with E-state index in [0.29, 0.717) is 17.8 Å². The molecular formula is C26H40N6O3S. The normalized spacial score (nSPS) is 27.7. The summed E-state index contributed by atoms with van der Waals surface area (Å²) in [6.45, 7) is 7.95. The van der Waals surface area contributed by atoms with Gasteiger partial charge in [-0.15, -0.1) is 0 Å². The van der Waals surface area contributed by atoms with Gasteiger partial charge >= 0.3 is 0 Å². The van der Waals surface area contributed by atoms with Crippen LogP contribution in [0.5, 0.6) is 0 Å². The molecule has 2 bridgehead atoms. The molecule has 0 radical (unpaired) electrons. The van der Waals surface area contributed by atoms with E-state index in [4.69, 9.17) is 0 Å². The van der Waals surface area contributed by atoms with Gasteiger partial charge < -0.3 is 10.2 Å². The van der Waals surface area contributed by atoms with Gasteiger partial charge in [0, 0.05) is 55.2 Å². The molecule has 9 nitrogen and oxygen atoms in total. The highest BCUT2D eigenvalue weighted by molar-refractivity contribution is 7.88. The van der Waals surface area contributed by atoms with Gasteiger partial charge in [-0.05, 0) is 65.0 Å². The zero-order chi connectivity index (χ0) is 25.4. The highest BCUT2D eigenvalue weighted by atomic mass is 32.2. The Kier molecular flexibility index (Phi) is 7.40. The molecule has 198 valence electrons. The number of sulfonamides is 1. The van der Waals surface area contributed by atoms with Crippen molar-refractivity contribution in [1.29, 1.82) is 0 Å². The van der Waals surface area contributed by atoms with Crippen LogP contribution >= 0.6 is 0 Å². The molecule has 0 unspecified atom stereocenters. The fourth-order valence-electron chi connectivity index (χ4n) is 6.58. The lowest BCUT2D eigenvalue weighted by Gasteiger charge is -2.41. The topological polar surface area (TPSA) is 99.6 Å². The Labute approximate surface area is 214 Å². The van der Waals surface area contributed by atoms with Crippen LogP contribution in [0.15, 0.2) is 24.3 Å². The number of nitrogens with one attached hydrogen (secondary N) is 2. The van der Waals surface area contributed by atoms with Crippen molar-refractivity contribution in [3.05, 3.63) is 30.0 Å². The second-order valence-corrected chi connectivity index (χ2v) is 13.0. The summed E-state index contributed by atoms with van der Waals surface area (Å²) in [5, 5.41) is 8.91. The van der Waals surface area contributed by atoms with E-state index >= 15 is 0 Å². The van der Waals surface area contributed by atoms with Crippen molar-refractivity contribution in [2.24, 2.45) is 0 Å². The standard InChI is InChI=1S/C26H40N6O3S/c1-18(2)32-24-9-5-4-8-23(24)25(28-32)26(33)27-20-15-21-10-11-22(16-20)31(21)14-13-30-12-6-7-19(17-30)29-36(3,34)35/h4-5,8-9,18-22,29H,6-7,10-17H2,1-3H3,(H,27,33)/t19-,20-,21-,22+/m0/s1. The Bertz CT molecular complexity index is 1180. The maximum atomic E-state index is 13.3. The third-order valence-corrected chi connectivity index (χ3v) is 8.86. The number of fused-ring (bicyclic) bond motifs is 3. The second kappa shape index (κ2) is 10.4. The molecule has 3 aliphatic rings. The van der Waals surface area contributed by atoms with E-state index in [9.17, 15) is 13.2 Å². The van der Waals surface area contributed by atoms with Crippen LogP contribution in [-0.2, 0) is 10.0 Å². The molecule has 2 N–H and O–H groups in total. The number of para-hydroxylation sites is 1. The molecule has 0 saturated carbocycles. The Hall–Kier alpha value is -2.01. The first-order valence-corrected chi connectivity index (χ1v) is 15.3. The molecular weight excluding hydrogens is 476 g/mol. The van der Waals surface area contributed by atoms with Gasteiger partial charge in [-0.2, -0.15) is 5.10 Å². The molecule has 36 heavy (non-hydrogen) atoms. The molecule has 0 aliphatic carbocycles. The van der Waals surface area contributed by atoms with Crippen LogP contribution in [0, 0.1) is 0 Å². The average Bonchev–Trinajstić information content (AvgIpc) is 3.32. The summed E-state index contributed by atoms with van der Waals surface area (Å²) in [5.74, 6) is -0.0683. The van der Waals surface area contributed by atoms with Crippen LogP contribution in [0.4, 0.5) is 0 Å². The number of carbonyl (C=O) groups is 1. The number of rotatable bonds is 8. The van der Waals surface area contributed by atoms with Crippen molar-refractivity contribution < 1.29 is 13.2 Å². The van der Waals surface area contributed by atoms with Crippen molar-refractivity contribution in [1.82, 2.24) is 29.6 Å². The van der Waals surface area contributed by atoms with Crippen LogP contribution in [0.3, 0.4) is 0 Å². The number of piperidine rings is 2. The van der Waals surface area contributed by atoms with Gasteiger partial charge in [-0.1, -0.05) is 18.2 Å². The first-order chi connectivity index (χ1) is 17.2. The van der Waals surface area contributed by atoms with Crippen molar-refractivity contribution >= 4 is 26.8 Å². The van der Waals surface area contributed by atoms with E-state index < -0.39 is 10.0 Å². The molecule has 0 spiro atoms. The first-order valence-electron chi connectivity index (χ1n) is 13.4. The maximum Gasteiger partial charge on any atom is 0.272 e. The van der Waals surface area contributed by atoms with Crippen molar-refractivity contribution in [2.45, 2.75) is 82.6 Å². The SMILES string of the molecule is CC(C)n1nc(C(=O)N[C@@H]2C[C@H]3CC[C@@H](C2)N3CCN2CCC[C@H](NS(C)(=O)=O)C2)c2ccccc21. The number of carbonyl (C=O) groups excluding carboxylic acids is 1. The molecule has 10 heteroatoms. The van der Waals surface area contributed by atoms with E-state index in [1.807, 2.05) is 28.9 Å². The molecule has 3 fully saturated rings. The second-order valence-electron chi connectivity index (χ2n) is 11.2. The van der Waals surface area contributed by atoms with Crippen molar-refractivity contribution in [3.63, 3.8) is 0 Å². The molecule has 4 atom stereocenters. The molecule has 2 aromatic rings. The zero-order valence-corrected chi connectivity index (χ0v) is 22.5. The van der Waals surface area contributed by atoms with E-state index in [1.54, 1.807) is 0 Å². The van der Waals surface area contributed by atoms with E-state index in [2.05, 4.69) is 38.8 Å².